The minimum atomic E-state index is -0.829. The molecule has 0 aliphatic carbocycles. The molecule has 0 aliphatic rings. The zero-order valence-corrected chi connectivity index (χ0v) is 13.5. The molecule has 0 saturated heterocycles. The molecule has 104 valence electrons. The van der Waals surface area contributed by atoms with Gasteiger partial charge < -0.3 is 5.32 Å². The van der Waals surface area contributed by atoms with E-state index in [0.717, 1.165) is 10.0 Å². The van der Waals surface area contributed by atoms with Crippen LogP contribution in [0.25, 0.3) is 0 Å². The summed E-state index contributed by atoms with van der Waals surface area (Å²) < 4.78 is 0.878. The molecule has 0 fully saturated rings. The Morgan fingerprint density at radius 3 is 2.63 bits per heavy atom. The van der Waals surface area contributed by atoms with E-state index in [1.807, 2.05) is 33.1 Å². The highest BCUT2D eigenvalue weighted by Crippen LogP contribution is 2.27. The third-order valence-electron chi connectivity index (χ3n) is 3.01. The molecule has 0 aliphatic heterocycles. The number of thiazole rings is 1. The normalized spacial score (nSPS) is 15.6. The topological polar surface area (TPSA) is 65.8 Å². The van der Waals surface area contributed by atoms with Crippen molar-refractivity contribution >= 4 is 29.0 Å². The largest absolute Gasteiger partial charge is 0.337 e. The Labute approximate surface area is 122 Å². The van der Waals surface area contributed by atoms with Crippen LogP contribution in [0.3, 0.4) is 0 Å². The molecule has 1 rings (SSSR count). The molecule has 1 amide bonds. The zero-order valence-electron chi connectivity index (χ0n) is 11.9. The number of nitrogens with zero attached hydrogens (tertiary/aromatic N) is 2. The van der Waals surface area contributed by atoms with E-state index in [1.54, 1.807) is 6.92 Å². The van der Waals surface area contributed by atoms with Crippen molar-refractivity contribution in [3.05, 3.63) is 11.1 Å². The number of amides is 1. The van der Waals surface area contributed by atoms with Crippen molar-refractivity contribution in [2.75, 3.05) is 0 Å². The van der Waals surface area contributed by atoms with Gasteiger partial charge in [-0.1, -0.05) is 25.6 Å². The van der Waals surface area contributed by atoms with Crippen LogP contribution in [-0.4, -0.2) is 21.7 Å². The van der Waals surface area contributed by atoms with Crippen LogP contribution >= 0.6 is 23.1 Å². The van der Waals surface area contributed by atoms with E-state index in [-0.39, 0.29) is 17.1 Å². The molecule has 0 bridgehead atoms. The molecule has 0 spiro atoms. The second-order valence-electron chi connectivity index (χ2n) is 4.97. The standard InChI is InChI=1S/C13H19N3OS2/c1-8(2)13(5,7-14)16-11(17)10(4)19-12-15-9(3)6-18-12/h6,8,10H,1-5H3,(H,16,17). The number of nitriles is 1. The average Bonchev–Trinajstić information content (AvgIpc) is 2.74. The lowest BCUT2D eigenvalue weighted by atomic mass is 9.90. The number of aryl methyl sites for hydroxylation is 1. The van der Waals surface area contributed by atoms with E-state index in [4.69, 9.17) is 0 Å². The summed E-state index contributed by atoms with van der Waals surface area (Å²) in [4.78, 5) is 16.4. The van der Waals surface area contributed by atoms with Crippen molar-refractivity contribution in [1.82, 2.24) is 10.3 Å². The molecule has 6 heteroatoms. The lowest BCUT2D eigenvalue weighted by Crippen LogP contribution is -2.51. The zero-order chi connectivity index (χ0) is 14.6. The molecular formula is C13H19N3OS2. The molecule has 0 aromatic carbocycles. The fourth-order valence-electron chi connectivity index (χ4n) is 1.25. The lowest BCUT2D eigenvalue weighted by molar-refractivity contribution is -0.121. The molecule has 1 N–H and O–H groups in total. The Balaban J connectivity index is 2.65. The summed E-state index contributed by atoms with van der Waals surface area (Å²) in [6.07, 6.45) is 0. The van der Waals surface area contributed by atoms with Gasteiger partial charge in [-0.25, -0.2) is 4.98 Å². The van der Waals surface area contributed by atoms with Gasteiger partial charge in [-0.3, -0.25) is 4.79 Å². The Morgan fingerprint density at radius 1 is 1.58 bits per heavy atom. The summed E-state index contributed by atoms with van der Waals surface area (Å²) >= 11 is 2.95. The van der Waals surface area contributed by atoms with Gasteiger partial charge in [-0.05, 0) is 26.7 Å². The van der Waals surface area contributed by atoms with Crippen LogP contribution < -0.4 is 5.32 Å². The average molecular weight is 297 g/mol. The number of nitrogens with one attached hydrogen (secondary N) is 1. The van der Waals surface area contributed by atoms with E-state index < -0.39 is 5.54 Å². The van der Waals surface area contributed by atoms with Crippen LogP contribution in [0.2, 0.25) is 0 Å². The number of aromatic nitrogens is 1. The van der Waals surface area contributed by atoms with Crippen LogP contribution in [0.4, 0.5) is 0 Å². The van der Waals surface area contributed by atoms with E-state index >= 15 is 0 Å². The minimum Gasteiger partial charge on any atom is -0.337 e. The Kier molecular flexibility index (Phi) is 5.39. The first-order valence-electron chi connectivity index (χ1n) is 6.10. The van der Waals surface area contributed by atoms with Crippen molar-refractivity contribution in [3.8, 4) is 6.07 Å². The van der Waals surface area contributed by atoms with Gasteiger partial charge in [-0.2, -0.15) is 5.26 Å². The third kappa shape index (κ3) is 4.22. The SMILES string of the molecule is Cc1csc(SC(C)C(=O)NC(C)(C#N)C(C)C)n1. The molecule has 0 saturated carbocycles. The van der Waals surface area contributed by atoms with Crippen LogP contribution in [0, 0.1) is 24.2 Å². The van der Waals surface area contributed by atoms with Gasteiger partial charge in [0, 0.05) is 11.1 Å². The smallest absolute Gasteiger partial charge is 0.234 e. The number of hydrogen-bond acceptors (Lipinski definition) is 5. The summed E-state index contributed by atoms with van der Waals surface area (Å²) in [6.45, 7) is 9.35. The number of carbonyl (C=O) groups is 1. The Bertz CT molecular complexity index is 492. The van der Waals surface area contributed by atoms with Gasteiger partial charge in [0.25, 0.3) is 0 Å². The number of thioether (sulfide) groups is 1. The minimum absolute atomic E-state index is 0.0563. The summed E-state index contributed by atoms with van der Waals surface area (Å²) in [5.41, 5.74) is 0.134. The first kappa shape index (κ1) is 16.0. The van der Waals surface area contributed by atoms with Crippen LogP contribution in [0.1, 0.15) is 33.4 Å². The Hall–Kier alpha value is -1.06. The number of hydrogen-bond donors (Lipinski definition) is 1. The summed E-state index contributed by atoms with van der Waals surface area (Å²) in [7, 11) is 0. The summed E-state index contributed by atoms with van der Waals surface area (Å²) in [6, 6.07) is 2.18. The van der Waals surface area contributed by atoms with Gasteiger partial charge in [-0.15, -0.1) is 11.3 Å². The van der Waals surface area contributed by atoms with Crippen LogP contribution in [0.5, 0.6) is 0 Å². The van der Waals surface area contributed by atoms with E-state index in [0.29, 0.717) is 0 Å². The second kappa shape index (κ2) is 6.40. The number of carbonyl (C=O) groups excluding carboxylic acids is 1. The van der Waals surface area contributed by atoms with Gasteiger partial charge in [0.2, 0.25) is 5.91 Å². The summed E-state index contributed by atoms with van der Waals surface area (Å²) in [5.74, 6) is -0.0728. The maximum atomic E-state index is 12.1. The van der Waals surface area contributed by atoms with Crippen molar-refractivity contribution in [3.63, 3.8) is 0 Å². The van der Waals surface area contributed by atoms with Gasteiger partial charge in [0.15, 0.2) is 4.34 Å². The molecule has 0 radical (unpaired) electrons. The van der Waals surface area contributed by atoms with Gasteiger partial charge in [0.05, 0.1) is 11.3 Å². The first-order valence-corrected chi connectivity index (χ1v) is 7.86. The Morgan fingerprint density at radius 2 is 2.21 bits per heavy atom. The highest BCUT2D eigenvalue weighted by molar-refractivity contribution is 8.02. The molecule has 1 aromatic rings. The maximum Gasteiger partial charge on any atom is 0.234 e. The van der Waals surface area contributed by atoms with Crippen molar-refractivity contribution in [2.24, 2.45) is 5.92 Å². The molecule has 19 heavy (non-hydrogen) atoms. The van der Waals surface area contributed by atoms with E-state index in [9.17, 15) is 10.1 Å². The van der Waals surface area contributed by atoms with Crippen LogP contribution in [-0.2, 0) is 4.79 Å². The van der Waals surface area contributed by atoms with Gasteiger partial charge in [0.1, 0.15) is 5.54 Å². The third-order valence-corrected chi connectivity index (χ3v) is 5.20. The fourth-order valence-corrected chi connectivity index (χ4v) is 3.24. The monoisotopic (exact) mass is 297 g/mol. The van der Waals surface area contributed by atoms with Crippen molar-refractivity contribution < 1.29 is 4.79 Å². The first-order chi connectivity index (χ1) is 8.78. The second-order valence-corrected chi connectivity index (χ2v) is 7.42. The molecule has 2 unspecified atom stereocenters. The fraction of sp³-hybridized carbons (Fsp3) is 0.615. The van der Waals surface area contributed by atoms with E-state index in [1.165, 1.54) is 23.1 Å². The predicted octanol–water partition coefficient (Wildman–Crippen LogP) is 2.99. The van der Waals surface area contributed by atoms with E-state index in [2.05, 4.69) is 16.4 Å². The molecule has 1 heterocycles. The van der Waals surface area contributed by atoms with Crippen LogP contribution in [0.15, 0.2) is 9.72 Å². The highest BCUT2D eigenvalue weighted by atomic mass is 32.2. The predicted molar refractivity (Wildman–Crippen MR) is 79.2 cm³/mol. The quantitative estimate of drug-likeness (QED) is 0.849. The highest BCUT2D eigenvalue weighted by Gasteiger charge is 2.31. The summed E-state index contributed by atoms with van der Waals surface area (Å²) in [5, 5.41) is 13.7. The lowest BCUT2D eigenvalue weighted by Gasteiger charge is -2.28. The molecule has 4 nitrogen and oxygen atoms in total. The molecule has 1 aromatic heterocycles. The van der Waals surface area contributed by atoms with Crippen molar-refractivity contribution in [1.29, 1.82) is 5.26 Å². The molecule has 2 atom stereocenters. The van der Waals surface area contributed by atoms with Gasteiger partial charge >= 0.3 is 0 Å². The molecular weight excluding hydrogens is 278 g/mol. The van der Waals surface area contributed by atoms with Crippen molar-refractivity contribution in [2.45, 2.75) is 49.7 Å². The maximum absolute atomic E-state index is 12.1. The number of rotatable bonds is 5.